The molecule has 0 radical (unpaired) electrons. The molecule has 0 aromatic heterocycles. The Morgan fingerprint density at radius 1 is 1.23 bits per heavy atom. The second kappa shape index (κ2) is 7.91. The smallest absolute Gasteiger partial charge is 0.387 e. The Morgan fingerprint density at radius 3 is 2.27 bits per heavy atom. The minimum Gasteiger partial charge on any atom is -0.435 e. The van der Waals surface area contributed by atoms with E-state index in [0.717, 1.165) is 0 Å². The first kappa shape index (κ1) is 17.3. The van der Waals surface area contributed by atoms with E-state index in [1.54, 1.807) is 0 Å². The molecule has 4 N–H and O–H groups in total. The molecule has 9 heteroatoms. The molecule has 0 unspecified atom stereocenters. The molecule has 1 aromatic rings. The summed E-state index contributed by atoms with van der Waals surface area (Å²) in [6.07, 6.45) is -0.363. The van der Waals surface area contributed by atoms with E-state index in [1.807, 2.05) is 0 Å². The summed E-state index contributed by atoms with van der Waals surface area (Å²) >= 11 is 0. The molecule has 0 aliphatic carbocycles. The molecule has 0 bridgehead atoms. The molecule has 1 aromatic carbocycles. The lowest BCUT2D eigenvalue weighted by Gasteiger charge is -2.15. The van der Waals surface area contributed by atoms with E-state index in [4.69, 9.17) is 5.73 Å². The van der Waals surface area contributed by atoms with E-state index in [1.165, 1.54) is 31.3 Å². The second-order valence-electron chi connectivity index (χ2n) is 4.21. The third-order valence-electron chi connectivity index (χ3n) is 2.62. The van der Waals surface area contributed by atoms with E-state index < -0.39 is 30.4 Å². The van der Waals surface area contributed by atoms with Gasteiger partial charge in [-0.25, -0.2) is 0 Å². The maximum absolute atomic E-state index is 12.0. The number of alkyl halides is 2. The van der Waals surface area contributed by atoms with Gasteiger partial charge in [0.25, 0.3) is 5.91 Å². The zero-order valence-corrected chi connectivity index (χ0v) is 11.6. The lowest BCUT2D eigenvalue weighted by molar-refractivity contribution is -0.126. The largest absolute Gasteiger partial charge is 0.435 e. The first-order valence-electron chi connectivity index (χ1n) is 6.19. The Labute approximate surface area is 124 Å². The number of primary amides is 1. The molecule has 120 valence electrons. The Bertz CT molecular complexity index is 549. The number of halogens is 2. The fraction of sp³-hybridized carbons (Fsp3) is 0.308. The quantitative estimate of drug-likeness (QED) is 0.658. The van der Waals surface area contributed by atoms with Crippen LogP contribution < -0.4 is 21.1 Å². The van der Waals surface area contributed by atoms with Gasteiger partial charge in [0.15, 0.2) is 0 Å². The summed E-state index contributed by atoms with van der Waals surface area (Å²) in [4.78, 5) is 34.4. The predicted octanol–water partition coefficient (Wildman–Crippen LogP) is 0.00780. The standard InChI is InChI=1S/C13H15F2N3O4/c1-17-12(21)9(6-10(16)19)18-11(20)7-2-4-8(5-3-7)22-13(14)15/h2-5,9,13H,6H2,1H3,(H2,16,19)(H,17,21)(H,18,20)/t9-/m0/s1. The first-order valence-corrected chi connectivity index (χ1v) is 6.19. The number of nitrogens with one attached hydrogen (secondary N) is 2. The number of nitrogens with two attached hydrogens (primary N) is 1. The van der Waals surface area contributed by atoms with Crippen LogP contribution in [0.2, 0.25) is 0 Å². The van der Waals surface area contributed by atoms with Gasteiger partial charge in [-0.15, -0.1) is 0 Å². The summed E-state index contributed by atoms with van der Waals surface area (Å²) in [5.74, 6) is -2.09. The van der Waals surface area contributed by atoms with Crippen LogP contribution in [0.4, 0.5) is 8.78 Å². The van der Waals surface area contributed by atoms with E-state index in [2.05, 4.69) is 15.4 Å². The summed E-state index contributed by atoms with van der Waals surface area (Å²) in [5.41, 5.74) is 5.12. The van der Waals surface area contributed by atoms with Crippen molar-refractivity contribution in [3.8, 4) is 5.75 Å². The van der Waals surface area contributed by atoms with Crippen LogP contribution in [0.1, 0.15) is 16.8 Å². The molecule has 0 saturated heterocycles. The molecule has 22 heavy (non-hydrogen) atoms. The highest BCUT2D eigenvalue weighted by molar-refractivity contribution is 5.98. The Balaban J connectivity index is 2.76. The normalized spacial score (nSPS) is 11.6. The topological polar surface area (TPSA) is 111 Å². The van der Waals surface area contributed by atoms with E-state index >= 15 is 0 Å². The van der Waals surface area contributed by atoms with E-state index in [9.17, 15) is 23.2 Å². The minimum atomic E-state index is -2.96. The molecule has 0 heterocycles. The highest BCUT2D eigenvalue weighted by atomic mass is 19.3. The average Bonchev–Trinajstić information content (AvgIpc) is 2.45. The molecule has 1 rings (SSSR count). The summed E-state index contributed by atoms with van der Waals surface area (Å²) in [6, 6.07) is 3.75. The van der Waals surface area contributed by atoms with Crippen molar-refractivity contribution in [3.63, 3.8) is 0 Å². The minimum absolute atomic E-state index is 0.105. The van der Waals surface area contributed by atoms with Crippen LogP contribution in [0.15, 0.2) is 24.3 Å². The SMILES string of the molecule is CNC(=O)[C@H](CC(N)=O)NC(=O)c1ccc(OC(F)F)cc1. The van der Waals surface area contributed by atoms with Crippen molar-refractivity contribution in [2.45, 2.75) is 19.1 Å². The van der Waals surface area contributed by atoms with Gasteiger partial charge in [0.2, 0.25) is 11.8 Å². The maximum atomic E-state index is 12.0. The number of likely N-dealkylation sites (N-methyl/N-ethyl adjacent to an activating group) is 1. The molecule has 0 saturated carbocycles. The van der Waals surface area contributed by atoms with Gasteiger partial charge in [0.1, 0.15) is 11.8 Å². The lowest BCUT2D eigenvalue weighted by atomic mass is 10.1. The van der Waals surface area contributed by atoms with Crippen molar-refractivity contribution in [2.75, 3.05) is 7.05 Å². The van der Waals surface area contributed by atoms with E-state index in [-0.39, 0.29) is 17.7 Å². The third kappa shape index (κ3) is 5.35. The number of rotatable bonds is 7. The van der Waals surface area contributed by atoms with Crippen LogP contribution >= 0.6 is 0 Å². The predicted molar refractivity (Wildman–Crippen MR) is 72.2 cm³/mol. The summed E-state index contributed by atoms with van der Waals surface area (Å²) in [5, 5.41) is 4.63. The van der Waals surface area contributed by atoms with Gasteiger partial charge in [-0.3, -0.25) is 14.4 Å². The number of benzene rings is 1. The lowest BCUT2D eigenvalue weighted by Crippen LogP contribution is -2.47. The fourth-order valence-electron chi connectivity index (χ4n) is 1.61. The highest BCUT2D eigenvalue weighted by Gasteiger charge is 2.22. The number of hydrogen-bond donors (Lipinski definition) is 3. The van der Waals surface area contributed by atoms with Crippen molar-refractivity contribution in [3.05, 3.63) is 29.8 Å². The third-order valence-corrected chi connectivity index (χ3v) is 2.62. The van der Waals surface area contributed by atoms with Gasteiger partial charge in [-0.05, 0) is 24.3 Å². The van der Waals surface area contributed by atoms with Crippen LogP contribution in [0.5, 0.6) is 5.75 Å². The summed E-state index contributed by atoms with van der Waals surface area (Å²) in [6.45, 7) is -2.96. The average molecular weight is 315 g/mol. The van der Waals surface area contributed by atoms with Gasteiger partial charge in [-0.2, -0.15) is 8.78 Å². The molecule has 0 aliphatic rings. The van der Waals surface area contributed by atoms with Crippen molar-refractivity contribution >= 4 is 17.7 Å². The van der Waals surface area contributed by atoms with Crippen molar-refractivity contribution in [1.82, 2.24) is 10.6 Å². The van der Waals surface area contributed by atoms with Crippen LogP contribution in [0.3, 0.4) is 0 Å². The van der Waals surface area contributed by atoms with Gasteiger partial charge in [-0.1, -0.05) is 0 Å². The highest BCUT2D eigenvalue weighted by Crippen LogP contribution is 2.15. The van der Waals surface area contributed by atoms with E-state index in [0.29, 0.717) is 0 Å². The zero-order chi connectivity index (χ0) is 16.7. The van der Waals surface area contributed by atoms with Gasteiger partial charge < -0.3 is 21.1 Å². The monoisotopic (exact) mass is 315 g/mol. The van der Waals surface area contributed by atoms with Crippen molar-refractivity contribution in [1.29, 1.82) is 0 Å². The number of amides is 3. The molecule has 0 spiro atoms. The van der Waals surface area contributed by atoms with Gasteiger partial charge in [0.05, 0.1) is 6.42 Å². The van der Waals surface area contributed by atoms with Gasteiger partial charge >= 0.3 is 6.61 Å². The molecule has 0 fully saturated rings. The number of hydrogen-bond acceptors (Lipinski definition) is 4. The summed E-state index contributed by atoms with van der Waals surface area (Å²) in [7, 11) is 1.35. The number of carbonyl (C=O) groups is 3. The number of carbonyl (C=O) groups excluding carboxylic acids is 3. The molecule has 0 aliphatic heterocycles. The van der Waals surface area contributed by atoms with Crippen LogP contribution in [0.25, 0.3) is 0 Å². The number of ether oxygens (including phenoxy) is 1. The van der Waals surface area contributed by atoms with Crippen molar-refractivity contribution in [2.24, 2.45) is 5.73 Å². The molecular weight excluding hydrogens is 300 g/mol. The molecule has 1 atom stereocenters. The fourth-order valence-corrected chi connectivity index (χ4v) is 1.61. The summed E-state index contributed by atoms with van der Waals surface area (Å²) < 4.78 is 28.2. The second-order valence-corrected chi connectivity index (χ2v) is 4.21. The zero-order valence-electron chi connectivity index (χ0n) is 11.6. The molecular formula is C13H15F2N3O4. The molecule has 7 nitrogen and oxygen atoms in total. The Morgan fingerprint density at radius 2 is 1.82 bits per heavy atom. The Kier molecular flexibility index (Phi) is 6.24. The van der Waals surface area contributed by atoms with Gasteiger partial charge in [0, 0.05) is 12.6 Å². The Hall–Kier alpha value is -2.71. The van der Waals surface area contributed by atoms with Crippen LogP contribution in [-0.4, -0.2) is 37.4 Å². The van der Waals surface area contributed by atoms with Crippen LogP contribution in [-0.2, 0) is 9.59 Å². The first-order chi connectivity index (χ1) is 10.3. The maximum Gasteiger partial charge on any atom is 0.387 e. The van der Waals surface area contributed by atoms with Crippen molar-refractivity contribution < 1.29 is 27.9 Å². The van der Waals surface area contributed by atoms with Crippen LogP contribution in [0, 0.1) is 0 Å². The molecule has 3 amide bonds.